The third-order valence-corrected chi connectivity index (χ3v) is 15.9. The Morgan fingerprint density at radius 2 is 0.878 bits per heavy atom. The summed E-state index contributed by atoms with van der Waals surface area (Å²) in [5.74, 6) is -1.65. The average Bonchev–Trinajstić information content (AvgIpc) is 4.27. The highest BCUT2D eigenvalue weighted by Crippen LogP contribution is 2.42. The van der Waals surface area contributed by atoms with E-state index in [9.17, 15) is 38.4 Å². The minimum Gasteiger partial charge on any atom is -0.351 e. The standard InChI is InChI=1S/C54H70N12O8/c1-31(55-3)47(67)61-43-29-63(25-23-37-19-21-45(65(37)51(43)71)49(69)59-41-27-39(41)33-11-7-5-8-12-33)53(73)57-35-15-17-36(18-16-35)58-54(74)64-26-24-38-20-22-46(50(70)60-42-28-40(42)34-13-9-6-10-14-34)66(38)52(72)44(30-64)62-48(68)32(2)56-4/h5-18,31-32,37-46,55-56H,19-30H2,1-4H3,(H,57,73)(H,58,74)(H,59,69)(H,60,70)(H,61,67)(H,62,68)/t31-,32-,37+,38+,39+,40+,41-,42-,43-,44?,45-,46-/m0/s1. The van der Waals surface area contributed by atoms with Crippen molar-refractivity contribution in [3.8, 4) is 0 Å². The van der Waals surface area contributed by atoms with Gasteiger partial charge in [0.1, 0.15) is 24.2 Å². The maximum atomic E-state index is 14.5. The molecule has 9 rings (SSSR count). The van der Waals surface area contributed by atoms with E-state index in [1.165, 1.54) is 9.80 Å². The van der Waals surface area contributed by atoms with Gasteiger partial charge in [0, 0.05) is 60.5 Å². The van der Waals surface area contributed by atoms with E-state index in [4.69, 9.17) is 0 Å². The van der Waals surface area contributed by atoms with E-state index in [1.54, 1.807) is 62.0 Å². The van der Waals surface area contributed by atoms with Gasteiger partial charge < -0.3 is 62.1 Å². The lowest BCUT2D eigenvalue weighted by Gasteiger charge is -2.39. The van der Waals surface area contributed by atoms with Gasteiger partial charge in [-0.05, 0) is 115 Å². The molecule has 2 aliphatic carbocycles. The Morgan fingerprint density at radius 3 is 1.24 bits per heavy atom. The van der Waals surface area contributed by atoms with Gasteiger partial charge in [-0.15, -0.1) is 0 Å². The molecule has 0 bridgehead atoms. The molecule has 6 fully saturated rings. The number of nitrogens with zero attached hydrogens (tertiary/aromatic N) is 4. The van der Waals surface area contributed by atoms with Crippen molar-refractivity contribution >= 4 is 58.9 Å². The monoisotopic (exact) mass is 1010 g/mol. The average molecular weight is 1020 g/mol. The van der Waals surface area contributed by atoms with E-state index >= 15 is 0 Å². The Morgan fingerprint density at radius 1 is 0.500 bits per heavy atom. The van der Waals surface area contributed by atoms with Crippen molar-refractivity contribution in [2.45, 2.75) is 137 Å². The Kier molecular flexibility index (Phi) is 15.8. The molecule has 12 atom stereocenters. The second kappa shape index (κ2) is 22.6. The molecule has 74 heavy (non-hydrogen) atoms. The van der Waals surface area contributed by atoms with Crippen LogP contribution in [0, 0.1) is 0 Å². The molecule has 4 heterocycles. The van der Waals surface area contributed by atoms with Crippen molar-refractivity contribution in [2.75, 3.05) is 50.9 Å². The first-order chi connectivity index (χ1) is 35.7. The molecule has 394 valence electrons. The van der Waals surface area contributed by atoms with E-state index in [0.29, 0.717) is 49.9 Å². The number of hydrogen-bond donors (Lipinski definition) is 8. The van der Waals surface area contributed by atoms with Gasteiger partial charge in [0.2, 0.25) is 35.4 Å². The molecule has 20 nitrogen and oxygen atoms in total. The van der Waals surface area contributed by atoms with Crippen molar-refractivity contribution in [1.82, 2.24) is 51.5 Å². The summed E-state index contributed by atoms with van der Waals surface area (Å²) in [5, 5.41) is 23.7. The van der Waals surface area contributed by atoms with Crippen molar-refractivity contribution in [1.29, 1.82) is 0 Å². The Bertz CT molecular complexity index is 2400. The molecule has 3 aromatic carbocycles. The normalized spacial score (nSPS) is 28.2. The summed E-state index contributed by atoms with van der Waals surface area (Å²) in [6.45, 7) is 3.59. The van der Waals surface area contributed by atoms with Gasteiger partial charge >= 0.3 is 12.1 Å². The number of benzene rings is 3. The fourth-order valence-corrected chi connectivity index (χ4v) is 11.1. The summed E-state index contributed by atoms with van der Waals surface area (Å²) in [5.41, 5.74) is 3.14. The molecule has 20 heteroatoms. The van der Waals surface area contributed by atoms with Crippen molar-refractivity contribution in [3.05, 3.63) is 96.1 Å². The smallest absolute Gasteiger partial charge is 0.321 e. The van der Waals surface area contributed by atoms with Crippen LogP contribution in [0.3, 0.4) is 0 Å². The maximum Gasteiger partial charge on any atom is 0.321 e. The molecule has 10 amide bonds. The van der Waals surface area contributed by atoms with Crippen LogP contribution in [0.15, 0.2) is 84.9 Å². The summed E-state index contributed by atoms with van der Waals surface area (Å²) in [4.78, 5) is 117. The van der Waals surface area contributed by atoms with E-state index in [-0.39, 0.29) is 74.0 Å². The lowest BCUT2D eigenvalue weighted by atomic mass is 10.1. The molecular weight excluding hydrogens is 945 g/mol. The van der Waals surface area contributed by atoms with Crippen LogP contribution >= 0.6 is 0 Å². The number of carbonyl (C=O) groups is 8. The minimum atomic E-state index is -1.12. The van der Waals surface area contributed by atoms with Gasteiger partial charge in [0.15, 0.2) is 0 Å². The molecule has 3 aromatic rings. The third-order valence-electron chi connectivity index (χ3n) is 15.9. The first kappa shape index (κ1) is 51.8. The number of carbonyl (C=O) groups excluding carboxylic acids is 8. The first-order valence-electron chi connectivity index (χ1n) is 26.2. The van der Waals surface area contributed by atoms with Crippen LogP contribution in [-0.4, -0.2) is 168 Å². The van der Waals surface area contributed by atoms with Crippen LogP contribution in [0.5, 0.6) is 0 Å². The van der Waals surface area contributed by atoms with E-state index in [1.807, 2.05) is 36.4 Å². The molecule has 6 aliphatic rings. The Hall–Kier alpha value is -7.06. The van der Waals surface area contributed by atoms with Gasteiger partial charge in [0.25, 0.3) is 0 Å². The number of anilines is 2. The topological polar surface area (TPSA) is 246 Å². The van der Waals surface area contributed by atoms with Gasteiger partial charge in [0.05, 0.1) is 25.2 Å². The predicted molar refractivity (Wildman–Crippen MR) is 277 cm³/mol. The SMILES string of the molecule is CN[C@@H](C)C(=O)NC1CN(C(=O)Nc2ccc(NC(=O)N3CC[C@H]4CC[C@@H](C(=O)N[C@H]5C[C@@H]5c5ccccc5)N4C(=O)[C@@H](NC(=O)[C@H](C)NC)C3)cc2)CC[C@H]2CC[C@@H](C(=O)N[C@H]3C[C@@H]3c3ccccc3)N2C1=O. The fraction of sp³-hybridized carbons (Fsp3) is 0.519. The zero-order valence-electron chi connectivity index (χ0n) is 42.6. The minimum absolute atomic E-state index is 0.0155. The van der Waals surface area contributed by atoms with Crippen LogP contribution in [0.1, 0.15) is 88.2 Å². The number of rotatable bonds is 14. The second-order valence-electron chi connectivity index (χ2n) is 20.8. The van der Waals surface area contributed by atoms with Crippen LogP contribution in [0.4, 0.5) is 21.0 Å². The Labute approximate surface area is 431 Å². The lowest BCUT2D eigenvalue weighted by Crippen LogP contribution is -2.62. The highest BCUT2D eigenvalue weighted by atomic mass is 16.2. The number of hydrogen-bond acceptors (Lipinski definition) is 10. The number of amides is 10. The molecule has 4 aliphatic heterocycles. The lowest BCUT2D eigenvalue weighted by molar-refractivity contribution is -0.144. The zero-order chi connectivity index (χ0) is 52.2. The molecule has 1 unspecified atom stereocenters. The van der Waals surface area contributed by atoms with Gasteiger partial charge in [-0.2, -0.15) is 0 Å². The van der Waals surface area contributed by atoms with E-state index < -0.39 is 71.9 Å². The molecule has 0 radical (unpaired) electrons. The van der Waals surface area contributed by atoms with E-state index in [0.717, 1.165) is 24.0 Å². The fourth-order valence-electron chi connectivity index (χ4n) is 11.1. The highest BCUT2D eigenvalue weighted by Gasteiger charge is 2.50. The van der Waals surface area contributed by atoms with Crippen molar-refractivity contribution in [3.63, 3.8) is 0 Å². The predicted octanol–water partition coefficient (Wildman–Crippen LogP) is 2.41. The number of fused-ring (bicyclic) bond motifs is 2. The molecule has 0 spiro atoms. The van der Waals surface area contributed by atoms with Gasteiger partial charge in [-0.1, -0.05) is 60.7 Å². The Balaban J connectivity index is 0.822. The number of urea groups is 2. The van der Waals surface area contributed by atoms with Crippen LogP contribution in [0.25, 0.3) is 0 Å². The van der Waals surface area contributed by atoms with Crippen LogP contribution in [-0.2, 0) is 28.8 Å². The summed E-state index contributed by atoms with van der Waals surface area (Å²) in [7, 11) is 3.27. The third kappa shape index (κ3) is 11.7. The summed E-state index contributed by atoms with van der Waals surface area (Å²) in [6.07, 6.45) is 4.59. The van der Waals surface area contributed by atoms with E-state index in [2.05, 4.69) is 66.8 Å². The van der Waals surface area contributed by atoms with Crippen LogP contribution in [0.2, 0.25) is 0 Å². The van der Waals surface area contributed by atoms with Gasteiger partial charge in [-0.25, -0.2) is 9.59 Å². The summed E-state index contributed by atoms with van der Waals surface area (Å²) in [6, 6.07) is 20.0. The van der Waals surface area contributed by atoms with Crippen molar-refractivity contribution in [2.24, 2.45) is 0 Å². The zero-order valence-corrected chi connectivity index (χ0v) is 42.6. The molecule has 8 N–H and O–H groups in total. The molecule has 4 saturated heterocycles. The quantitative estimate of drug-likeness (QED) is 0.117. The number of likely N-dealkylation sites (N-methyl/N-ethyl adjacent to an activating group) is 2. The van der Waals surface area contributed by atoms with Crippen LogP contribution < -0.4 is 42.5 Å². The first-order valence-corrected chi connectivity index (χ1v) is 26.2. The molecule has 0 aromatic heterocycles. The maximum absolute atomic E-state index is 14.5. The summed E-state index contributed by atoms with van der Waals surface area (Å²) >= 11 is 0. The van der Waals surface area contributed by atoms with Crippen molar-refractivity contribution < 1.29 is 38.4 Å². The molecule has 2 saturated carbocycles. The number of nitrogens with one attached hydrogen (secondary N) is 8. The highest BCUT2D eigenvalue weighted by molar-refractivity contribution is 5.97. The summed E-state index contributed by atoms with van der Waals surface area (Å²) < 4.78 is 0. The second-order valence-corrected chi connectivity index (χ2v) is 20.8. The largest absolute Gasteiger partial charge is 0.351 e. The molecular formula is C54H70N12O8. The van der Waals surface area contributed by atoms with Gasteiger partial charge in [-0.3, -0.25) is 28.8 Å².